The highest BCUT2D eigenvalue weighted by atomic mass is 32.2. The number of benzene rings is 1. The molecule has 21 heavy (non-hydrogen) atoms. The van der Waals surface area contributed by atoms with Crippen LogP contribution in [0.2, 0.25) is 0 Å². The molecule has 8 heteroatoms. The van der Waals surface area contributed by atoms with Crippen molar-refractivity contribution in [2.75, 3.05) is 13.7 Å². The molecule has 0 spiro atoms. The maximum atomic E-state index is 11.7. The third kappa shape index (κ3) is 5.76. The van der Waals surface area contributed by atoms with Crippen molar-refractivity contribution >= 4 is 28.0 Å². The zero-order chi connectivity index (χ0) is 15.9. The third-order valence-corrected chi connectivity index (χ3v) is 3.84. The molecule has 0 saturated carbocycles. The van der Waals surface area contributed by atoms with E-state index in [2.05, 4.69) is 4.74 Å². The topological polar surface area (TPSA) is 110 Å². The number of aliphatic carboxylic acids is 1. The lowest BCUT2D eigenvalue weighted by molar-refractivity contribution is -0.139. The van der Waals surface area contributed by atoms with E-state index in [9.17, 15) is 18.0 Å². The number of carbonyl (C=O) groups excluding carboxylic acids is 1. The summed E-state index contributed by atoms with van der Waals surface area (Å²) in [5, 5.41) is 8.46. The number of hydrogen-bond donors (Lipinski definition) is 2. The normalized spacial score (nSPS) is 11.5. The minimum atomic E-state index is -3.84. The molecule has 1 rings (SSSR count). The van der Waals surface area contributed by atoms with Gasteiger partial charge in [-0.15, -0.1) is 0 Å². The smallest absolute Gasteiger partial charge is 0.318 e. The maximum Gasteiger partial charge on any atom is 0.318 e. The van der Waals surface area contributed by atoms with Crippen LogP contribution in [0.4, 0.5) is 0 Å². The molecule has 114 valence electrons. The average Bonchev–Trinajstić information content (AvgIpc) is 2.45. The van der Waals surface area contributed by atoms with Gasteiger partial charge in [0.2, 0.25) is 10.0 Å². The van der Waals surface area contributed by atoms with Crippen molar-refractivity contribution in [2.45, 2.75) is 11.3 Å². The molecule has 0 aliphatic carbocycles. The number of esters is 1. The Balaban J connectivity index is 2.73. The summed E-state index contributed by atoms with van der Waals surface area (Å²) < 4.78 is 29.9. The van der Waals surface area contributed by atoms with Crippen molar-refractivity contribution in [3.8, 4) is 0 Å². The van der Waals surface area contributed by atoms with E-state index in [4.69, 9.17) is 5.11 Å². The lowest BCUT2D eigenvalue weighted by atomic mass is 10.2. The first kappa shape index (κ1) is 16.9. The van der Waals surface area contributed by atoms with Crippen LogP contribution in [0.5, 0.6) is 0 Å². The average molecular weight is 313 g/mol. The monoisotopic (exact) mass is 313 g/mol. The molecular formula is C13H15NO6S. The minimum Gasteiger partial charge on any atom is -0.480 e. The Labute approximate surface area is 122 Å². The number of carbonyl (C=O) groups is 2. The standard InChI is InChI=1S/C13H15NO6S/c1-20-13(17)4-2-3-10-5-7-11(8-6-10)21(18,19)14-9-12(15)16/h2-3,5-8,14H,4,9H2,1H3,(H,15,16). The predicted octanol–water partition coefficient (Wildman–Crippen LogP) is 0.626. The van der Waals surface area contributed by atoms with Gasteiger partial charge >= 0.3 is 11.9 Å². The Morgan fingerprint density at radius 1 is 1.29 bits per heavy atom. The molecule has 0 amide bonds. The lowest BCUT2D eigenvalue weighted by Gasteiger charge is -2.04. The first-order valence-electron chi connectivity index (χ1n) is 5.90. The largest absolute Gasteiger partial charge is 0.480 e. The minimum absolute atomic E-state index is 0.0335. The van der Waals surface area contributed by atoms with Gasteiger partial charge in [-0.2, -0.15) is 4.72 Å². The maximum absolute atomic E-state index is 11.7. The Morgan fingerprint density at radius 3 is 2.43 bits per heavy atom. The van der Waals surface area contributed by atoms with Crippen LogP contribution in [0.1, 0.15) is 12.0 Å². The fourth-order valence-electron chi connectivity index (χ4n) is 1.37. The van der Waals surface area contributed by atoms with E-state index in [1.165, 1.54) is 19.2 Å². The summed E-state index contributed by atoms with van der Waals surface area (Å²) in [6.45, 7) is -0.677. The second-order valence-electron chi connectivity index (χ2n) is 3.97. The second kappa shape index (κ2) is 7.55. The van der Waals surface area contributed by atoms with Gasteiger partial charge < -0.3 is 9.84 Å². The van der Waals surface area contributed by atoms with Gasteiger partial charge in [0.25, 0.3) is 0 Å². The van der Waals surface area contributed by atoms with Crippen molar-refractivity contribution in [2.24, 2.45) is 0 Å². The zero-order valence-corrected chi connectivity index (χ0v) is 12.1. The van der Waals surface area contributed by atoms with Crippen LogP contribution in [-0.4, -0.2) is 39.1 Å². The third-order valence-electron chi connectivity index (χ3n) is 2.43. The molecule has 0 unspecified atom stereocenters. The summed E-state index contributed by atoms with van der Waals surface area (Å²) in [6, 6.07) is 5.79. The molecule has 0 saturated heterocycles. The van der Waals surface area contributed by atoms with Crippen molar-refractivity contribution in [1.29, 1.82) is 0 Å². The van der Waals surface area contributed by atoms with E-state index >= 15 is 0 Å². The van der Waals surface area contributed by atoms with Crippen LogP contribution in [0, 0.1) is 0 Å². The molecular weight excluding hydrogens is 298 g/mol. The van der Waals surface area contributed by atoms with Gasteiger partial charge in [0, 0.05) is 0 Å². The molecule has 7 nitrogen and oxygen atoms in total. The molecule has 0 atom stereocenters. The molecule has 0 heterocycles. The van der Waals surface area contributed by atoms with E-state index in [-0.39, 0.29) is 17.3 Å². The van der Waals surface area contributed by atoms with E-state index in [0.29, 0.717) is 5.56 Å². The molecule has 1 aromatic rings. The number of carboxylic acid groups (broad SMARTS) is 1. The summed E-state index contributed by atoms with van der Waals surface area (Å²) in [5.74, 6) is -1.63. The second-order valence-corrected chi connectivity index (χ2v) is 5.74. The molecule has 0 fully saturated rings. The van der Waals surface area contributed by atoms with E-state index in [1.54, 1.807) is 24.3 Å². The zero-order valence-electron chi connectivity index (χ0n) is 11.3. The number of methoxy groups -OCH3 is 1. The van der Waals surface area contributed by atoms with Crippen molar-refractivity contribution in [3.05, 3.63) is 35.9 Å². The van der Waals surface area contributed by atoms with Crippen molar-refractivity contribution < 1.29 is 27.9 Å². The Morgan fingerprint density at radius 2 is 1.90 bits per heavy atom. The van der Waals surface area contributed by atoms with E-state index in [0.717, 1.165) is 0 Å². The van der Waals surface area contributed by atoms with Crippen LogP contribution >= 0.6 is 0 Å². The number of carboxylic acids is 1. The Kier molecular flexibility index (Phi) is 6.07. The highest BCUT2D eigenvalue weighted by molar-refractivity contribution is 7.89. The highest BCUT2D eigenvalue weighted by Gasteiger charge is 2.14. The van der Waals surface area contributed by atoms with Crippen LogP contribution < -0.4 is 4.72 Å². The van der Waals surface area contributed by atoms with Crippen LogP contribution in [0.15, 0.2) is 35.2 Å². The molecule has 0 aliphatic rings. The molecule has 0 aliphatic heterocycles. The number of ether oxygens (including phenoxy) is 1. The predicted molar refractivity (Wildman–Crippen MR) is 74.9 cm³/mol. The van der Waals surface area contributed by atoms with Crippen molar-refractivity contribution in [1.82, 2.24) is 4.72 Å². The number of nitrogens with one attached hydrogen (secondary N) is 1. The van der Waals surface area contributed by atoms with Crippen LogP contribution in [-0.2, 0) is 24.3 Å². The first-order chi connectivity index (χ1) is 9.85. The number of hydrogen-bond acceptors (Lipinski definition) is 5. The molecule has 1 aromatic carbocycles. The van der Waals surface area contributed by atoms with Crippen LogP contribution in [0.3, 0.4) is 0 Å². The van der Waals surface area contributed by atoms with Gasteiger partial charge in [-0.05, 0) is 17.7 Å². The Hall–Kier alpha value is -2.19. The van der Waals surface area contributed by atoms with Gasteiger partial charge in [0.05, 0.1) is 18.4 Å². The quantitative estimate of drug-likeness (QED) is 0.714. The van der Waals surface area contributed by atoms with Gasteiger partial charge in [0.1, 0.15) is 6.54 Å². The van der Waals surface area contributed by atoms with E-state index < -0.39 is 22.5 Å². The van der Waals surface area contributed by atoms with Crippen LogP contribution in [0.25, 0.3) is 6.08 Å². The number of sulfonamides is 1. The Bertz CT molecular complexity index is 633. The fourth-order valence-corrected chi connectivity index (χ4v) is 2.35. The fraction of sp³-hybridized carbons (Fsp3) is 0.231. The van der Waals surface area contributed by atoms with Gasteiger partial charge in [-0.25, -0.2) is 8.42 Å². The molecule has 2 N–H and O–H groups in total. The van der Waals surface area contributed by atoms with Gasteiger partial charge in [-0.1, -0.05) is 24.3 Å². The van der Waals surface area contributed by atoms with Gasteiger partial charge in [0.15, 0.2) is 0 Å². The number of rotatable bonds is 7. The van der Waals surface area contributed by atoms with Gasteiger partial charge in [-0.3, -0.25) is 9.59 Å². The summed E-state index contributed by atoms with van der Waals surface area (Å²) in [4.78, 5) is 21.2. The van der Waals surface area contributed by atoms with Crippen molar-refractivity contribution in [3.63, 3.8) is 0 Å². The van der Waals surface area contributed by atoms with E-state index in [1.807, 2.05) is 4.72 Å². The molecule has 0 bridgehead atoms. The first-order valence-corrected chi connectivity index (χ1v) is 7.38. The summed E-state index contributed by atoms with van der Waals surface area (Å²) in [5.41, 5.74) is 0.705. The molecule has 0 radical (unpaired) electrons. The summed E-state index contributed by atoms with van der Waals surface area (Å²) in [6.07, 6.45) is 3.37. The summed E-state index contributed by atoms with van der Waals surface area (Å²) in [7, 11) is -2.55. The molecule has 0 aromatic heterocycles. The summed E-state index contributed by atoms with van der Waals surface area (Å²) >= 11 is 0. The highest BCUT2D eigenvalue weighted by Crippen LogP contribution is 2.11. The SMILES string of the molecule is COC(=O)CC=Cc1ccc(S(=O)(=O)NCC(=O)O)cc1. The lowest BCUT2D eigenvalue weighted by Crippen LogP contribution is -2.29.